The van der Waals surface area contributed by atoms with Crippen molar-refractivity contribution < 1.29 is 0 Å². The van der Waals surface area contributed by atoms with E-state index in [1.54, 1.807) is 5.57 Å². The Bertz CT molecular complexity index is 299. The highest BCUT2D eigenvalue weighted by molar-refractivity contribution is 5.00. The van der Waals surface area contributed by atoms with Crippen molar-refractivity contribution >= 4 is 0 Å². The van der Waals surface area contributed by atoms with Gasteiger partial charge in [0, 0.05) is 0 Å². The third kappa shape index (κ3) is 4.51. The van der Waals surface area contributed by atoms with Crippen molar-refractivity contribution in [3.8, 4) is 0 Å². The zero-order valence-electron chi connectivity index (χ0n) is 13.8. The van der Waals surface area contributed by atoms with E-state index in [-0.39, 0.29) is 0 Å². The summed E-state index contributed by atoms with van der Waals surface area (Å²) in [5, 5.41) is 0. The molecule has 0 saturated carbocycles. The first-order valence-corrected chi connectivity index (χ1v) is 8.29. The molecular formula is C19H34. The van der Waals surface area contributed by atoms with Gasteiger partial charge in [0.1, 0.15) is 0 Å². The largest absolute Gasteiger partial charge is 0.103 e. The predicted molar refractivity (Wildman–Crippen MR) is 87.2 cm³/mol. The van der Waals surface area contributed by atoms with Crippen molar-refractivity contribution in [1.29, 1.82) is 0 Å². The molecule has 110 valence electrons. The molecule has 1 rings (SSSR count). The number of rotatable bonds is 3. The predicted octanol–water partition coefficient (Wildman–Crippen LogP) is 6.24. The van der Waals surface area contributed by atoms with E-state index in [4.69, 9.17) is 0 Å². The van der Waals surface area contributed by atoms with E-state index in [1.807, 2.05) is 0 Å². The maximum absolute atomic E-state index is 4.05. The van der Waals surface area contributed by atoms with Crippen molar-refractivity contribution in [2.24, 2.45) is 29.6 Å². The van der Waals surface area contributed by atoms with Crippen molar-refractivity contribution in [3.05, 3.63) is 24.3 Å². The van der Waals surface area contributed by atoms with Gasteiger partial charge in [0.2, 0.25) is 0 Å². The van der Waals surface area contributed by atoms with Gasteiger partial charge in [-0.15, -0.1) is 6.58 Å². The molecule has 0 spiro atoms. The molecule has 0 fully saturated rings. The lowest BCUT2D eigenvalue weighted by atomic mass is 9.68. The van der Waals surface area contributed by atoms with Gasteiger partial charge in [0.25, 0.3) is 0 Å². The smallest absolute Gasteiger partial charge is 0.0233 e. The lowest BCUT2D eigenvalue weighted by Crippen LogP contribution is -2.30. The third-order valence-electron chi connectivity index (χ3n) is 5.63. The van der Waals surface area contributed by atoms with Crippen LogP contribution in [0.25, 0.3) is 0 Å². The van der Waals surface area contributed by atoms with Gasteiger partial charge >= 0.3 is 0 Å². The summed E-state index contributed by atoms with van der Waals surface area (Å²) < 4.78 is 0. The molecule has 0 saturated heterocycles. The van der Waals surface area contributed by atoms with Crippen molar-refractivity contribution in [3.63, 3.8) is 0 Å². The summed E-state index contributed by atoms with van der Waals surface area (Å²) in [5.41, 5.74) is 1.60. The topological polar surface area (TPSA) is 0 Å². The van der Waals surface area contributed by atoms with Crippen LogP contribution in [0.5, 0.6) is 0 Å². The van der Waals surface area contributed by atoms with Crippen LogP contribution in [0, 0.1) is 29.6 Å². The quantitative estimate of drug-likeness (QED) is 0.528. The van der Waals surface area contributed by atoms with Crippen LogP contribution >= 0.6 is 0 Å². The molecule has 0 radical (unpaired) electrons. The fourth-order valence-corrected chi connectivity index (χ4v) is 3.88. The number of allylic oxidation sites excluding steroid dienone is 3. The second-order valence-corrected chi connectivity index (χ2v) is 6.83. The van der Waals surface area contributed by atoms with Crippen LogP contribution in [-0.2, 0) is 0 Å². The van der Waals surface area contributed by atoms with Crippen LogP contribution in [0.1, 0.15) is 66.7 Å². The third-order valence-corrected chi connectivity index (χ3v) is 5.63. The summed E-state index contributed by atoms with van der Waals surface area (Å²) in [6.07, 6.45) is 11.2. The summed E-state index contributed by atoms with van der Waals surface area (Å²) in [7, 11) is 0. The molecule has 0 aromatic rings. The molecule has 19 heavy (non-hydrogen) atoms. The van der Waals surface area contributed by atoms with Gasteiger partial charge in [-0.25, -0.2) is 0 Å². The van der Waals surface area contributed by atoms with E-state index in [1.165, 1.54) is 32.1 Å². The van der Waals surface area contributed by atoms with Crippen LogP contribution in [0.15, 0.2) is 24.3 Å². The summed E-state index contributed by atoms with van der Waals surface area (Å²) >= 11 is 0. The Kier molecular flexibility index (Phi) is 6.89. The zero-order chi connectivity index (χ0) is 14.4. The number of hydrogen-bond donors (Lipinski definition) is 0. The highest BCUT2D eigenvalue weighted by atomic mass is 14.4. The SMILES string of the molecule is C=C[C@@H](C)C1CC/C(C)=C/CCC(C)C(C)[C@H]1CC. The van der Waals surface area contributed by atoms with Crippen LogP contribution in [0.2, 0.25) is 0 Å². The van der Waals surface area contributed by atoms with Gasteiger partial charge in [-0.3, -0.25) is 0 Å². The Morgan fingerprint density at radius 2 is 2.05 bits per heavy atom. The minimum absolute atomic E-state index is 0.645. The molecule has 3 unspecified atom stereocenters. The van der Waals surface area contributed by atoms with E-state index in [2.05, 4.69) is 53.3 Å². The monoisotopic (exact) mass is 262 g/mol. The van der Waals surface area contributed by atoms with E-state index in [0.717, 1.165) is 23.7 Å². The Morgan fingerprint density at radius 3 is 2.63 bits per heavy atom. The second-order valence-electron chi connectivity index (χ2n) is 6.83. The molecular weight excluding hydrogens is 228 g/mol. The average molecular weight is 262 g/mol. The number of hydrogen-bond acceptors (Lipinski definition) is 0. The molecule has 0 bridgehead atoms. The van der Waals surface area contributed by atoms with E-state index in [9.17, 15) is 0 Å². The molecule has 5 atom stereocenters. The lowest BCUT2D eigenvalue weighted by molar-refractivity contribution is 0.138. The standard InChI is InChI=1S/C19H34/c1-7-15(4)19-13-12-14(3)10-9-11-16(5)17(6)18(19)8-2/h7,10,15-19H,1,8-9,11-13H2,2-6H3/b14-10+/t15-,16?,17?,18-,19?/m1/s1. The molecule has 0 heteroatoms. The summed E-state index contributed by atoms with van der Waals surface area (Å²) in [6, 6.07) is 0. The molecule has 0 aromatic heterocycles. The Balaban J connectivity index is 2.97. The van der Waals surface area contributed by atoms with Gasteiger partial charge < -0.3 is 0 Å². The fourth-order valence-electron chi connectivity index (χ4n) is 3.88. The fraction of sp³-hybridized carbons (Fsp3) is 0.789. The molecule has 0 amide bonds. The minimum atomic E-state index is 0.645. The molecule has 0 N–H and O–H groups in total. The Labute approximate surface area is 121 Å². The maximum Gasteiger partial charge on any atom is -0.0233 e. The van der Waals surface area contributed by atoms with Crippen LogP contribution < -0.4 is 0 Å². The molecule has 0 nitrogen and oxygen atoms in total. The first-order valence-electron chi connectivity index (χ1n) is 8.29. The van der Waals surface area contributed by atoms with Crippen LogP contribution in [0.4, 0.5) is 0 Å². The average Bonchev–Trinajstić information content (AvgIpc) is 2.41. The van der Waals surface area contributed by atoms with E-state index < -0.39 is 0 Å². The highest BCUT2D eigenvalue weighted by Gasteiger charge is 2.31. The second kappa shape index (κ2) is 7.92. The molecule has 0 heterocycles. The van der Waals surface area contributed by atoms with Crippen molar-refractivity contribution in [2.75, 3.05) is 0 Å². The Hall–Kier alpha value is -0.520. The van der Waals surface area contributed by atoms with E-state index >= 15 is 0 Å². The normalized spacial score (nSPS) is 38.1. The summed E-state index contributed by atoms with van der Waals surface area (Å²) in [6.45, 7) is 16.0. The maximum atomic E-state index is 4.05. The van der Waals surface area contributed by atoms with E-state index in [0.29, 0.717) is 5.92 Å². The highest BCUT2D eigenvalue weighted by Crippen LogP contribution is 2.39. The Morgan fingerprint density at radius 1 is 1.37 bits per heavy atom. The molecule has 1 aliphatic rings. The summed E-state index contributed by atoms with van der Waals surface area (Å²) in [5.74, 6) is 3.98. The van der Waals surface area contributed by atoms with Crippen molar-refractivity contribution in [1.82, 2.24) is 0 Å². The zero-order valence-corrected chi connectivity index (χ0v) is 13.8. The molecule has 1 aliphatic carbocycles. The lowest BCUT2D eigenvalue weighted by Gasteiger charge is -2.38. The molecule has 0 aliphatic heterocycles. The van der Waals surface area contributed by atoms with Gasteiger partial charge in [-0.2, -0.15) is 0 Å². The van der Waals surface area contributed by atoms with Gasteiger partial charge in [0.05, 0.1) is 0 Å². The van der Waals surface area contributed by atoms with Crippen LogP contribution in [0.3, 0.4) is 0 Å². The summed E-state index contributed by atoms with van der Waals surface area (Å²) in [4.78, 5) is 0. The van der Waals surface area contributed by atoms with Gasteiger partial charge in [-0.05, 0) is 62.2 Å². The van der Waals surface area contributed by atoms with Gasteiger partial charge in [-0.1, -0.05) is 51.8 Å². The van der Waals surface area contributed by atoms with Crippen molar-refractivity contribution in [2.45, 2.75) is 66.7 Å². The first-order chi connectivity index (χ1) is 9.01. The van der Waals surface area contributed by atoms with Crippen LogP contribution in [-0.4, -0.2) is 0 Å². The minimum Gasteiger partial charge on any atom is -0.103 e. The van der Waals surface area contributed by atoms with Gasteiger partial charge in [0.15, 0.2) is 0 Å². The first kappa shape index (κ1) is 16.5. The molecule has 0 aromatic carbocycles.